The maximum atomic E-state index is 12.8. The van der Waals surface area contributed by atoms with Crippen molar-refractivity contribution in [2.45, 2.75) is 12.8 Å². The molecule has 0 spiro atoms. The van der Waals surface area contributed by atoms with E-state index in [2.05, 4.69) is 0 Å². The molecule has 2 fully saturated rings. The summed E-state index contributed by atoms with van der Waals surface area (Å²) in [5.74, 6) is 1.39. The van der Waals surface area contributed by atoms with Crippen LogP contribution in [-0.4, -0.2) is 62.0 Å². The summed E-state index contributed by atoms with van der Waals surface area (Å²) in [4.78, 5) is 28.5. The van der Waals surface area contributed by atoms with Crippen molar-refractivity contribution in [3.8, 4) is 11.5 Å². The van der Waals surface area contributed by atoms with Gasteiger partial charge in [0, 0.05) is 32.1 Å². The van der Waals surface area contributed by atoms with E-state index in [0.29, 0.717) is 43.2 Å². The normalized spacial score (nSPS) is 17.8. The van der Waals surface area contributed by atoms with E-state index >= 15 is 0 Å². The second kappa shape index (κ2) is 6.48. The first-order chi connectivity index (χ1) is 11.2. The first-order valence-electron chi connectivity index (χ1n) is 7.94. The topological polar surface area (TPSA) is 59.1 Å². The van der Waals surface area contributed by atoms with E-state index in [9.17, 15) is 9.59 Å². The highest BCUT2D eigenvalue weighted by Crippen LogP contribution is 2.33. The first kappa shape index (κ1) is 15.6. The van der Waals surface area contributed by atoms with Gasteiger partial charge in [-0.2, -0.15) is 0 Å². The predicted molar refractivity (Wildman–Crippen MR) is 84.8 cm³/mol. The summed E-state index contributed by atoms with van der Waals surface area (Å²) in [6, 6.07) is 5.29. The van der Waals surface area contributed by atoms with Gasteiger partial charge in [0.1, 0.15) is 0 Å². The molecule has 1 heterocycles. The van der Waals surface area contributed by atoms with Gasteiger partial charge in [0.05, 0.1) is 19.8 Å². The molecule has 0 radical (unpaired) electrons. The van der Waals surface area contributed by atoms with Gasteiger partial charge in [0.25, 0.3) is 5.91 Å². The fourth-order valence-corrected chi connectivity index (χ4v) is 2.94. The van der Waals surface area contributed by atoms with Crippen molar-refractivity contribution in [2.75, 3.05) is 40.4 Å². The van der Waals surface area contributed by atoms with Crippen LogP contribution in [0.4, 0.5) is 0 Å². The summed E-state index contributed by atoms with van der Waals surface area (Å²) in [6.45, 7) is 2.32. The van der Waals surface area contributed by atoms with E-state index in [1.807, 2.05) is 4.90 Å². The average Bonchev–Trinajstić information content (AvgIpc) is 3.44. The molecule has 0 aromatic heterocycles. The zero-order chi connectivity index (χ0) is 16.4. The van der Waals surface area contributed by atoms with Crippen LogP contribution in [0.3, 0.4) is 0 Å². The van der Waals surface area contributed by atoms with Crippen LogP contribution in [0.15, 0.2) is 18.2 Å². The highest BCUT2D eigenvalue weighted by molar-refractivity contribution is 5.98. The van der Waals surface area contributed by atoms with Crippen LogP contribution in [0, 0.1) is 5.92 Å². The first-order valence-corrected chi connectivity index (χ1v) is 7.94. The van der Waals surface area contributed by atoms with Crippen molar-refractivity contribution >= 4 is 11.8 Å². The van der Waals surface area contributed by atoms with Crippen molar-refractivity contribution in [1.29, 1.82) is 0 Å². The van der Waals surface area contributed by atoms with Crippen LogP contribution >= 0.6 is 0 Å². The van der Waals surface area contributed by atoms with Crippen molar-refractivity contribution < 1.29 is 19.1 Å². The summed E-state index contributed by atoms with van der Waals surface area (Å²) >= 11 is 0. The summed E-state index contributed by atoms with van der Waals surface area (Å²) in [5, 5.41) is 0. The molecule has 0 unspecified atom stereocenters. The molecule has 1 aliphatic carbocycles. The van der Waals surface area contributed by atoms with E-state index < -0.39 is 0 Å². The largest absolute Gasteiger partial charge is 0.493 e. The van der Waals surface area contributed by atoms with Gasteiger partial charge in [-0.05, 0) is 25.0 Å². The SMILES string of the molecule is COc1cccc(C(=O)N2CCN(C(=O)C3CC3)CC2)c1OC. The molecular weight excluding hydrogens is 296 g/mol. The van der Waals surface area contributed by atoms with Gasteiger partial charge in [-0.3, -0.25) is 9.59 Å². The third kappa shape index (κ3) is 3.11. The minimum atomic E-state index is -0.0840. The lowest BCUT2D eigenvalue weighted by Crippen LogP contribution is -2.51. The molecule has 1 aromatic rings. The Morgan fingerprint density at radius 1 is 1.00 bits per heavy atom. The van der Waals surface area contributed by atoms with Gasteiger partial charge >= 0.3 is 0 Å². The van der Waals surface area contributed by atoms with E-state index in [0.717, 1.165) is 12.8 Å². The number of carbonyl (C=O) groups is 2. The van der Waals surface area contributed by atoms with Crippen LogP contribution < -0.4 is 9.47 Å². The molecule has 0 atom stereocenters. The molecular formula is C17H22N2O4. The number of carbonyl (C=O) groups excluding carboxylic acids is 2. The zero-order valence-corrected chi connectivity index (χ0v) is 13.6. The van der Waals surface area contributed by atoms with Gasteiger partial charge in [-0.15, -0.1) is 0 Å². The second-order valence-electron chi connectivity index (χ2n) is 5.93. The zero-order valence-electron chi connectivity index (χ0n) is 13.6. The number of para-hydroxylation sites is 1. The maximum absolute atomic E-state index is 12.8. The summed E-state index contributed by atoms with van der Waals surface area (Å²) in [6.07, 6.45) is 2.03. The third-order valence-corrected chi connectivity index (χ3v) is 4.44. The van der Waals surface area contributed by atoms with E-state index in [-0.39, 0.29) is 17.7 Å². The summed E-state index contributed by atoms with van der Waals surface area (Å²) in [5.41, 5.74) is 0.494. The van der Waals surface area contributed by atoms with Crippen molar-refractivity contribution in [3.63, 3.8) is 0 Å². The number of hydrogen-bond acceptors (Lipinski definition) is 4. The third-order valence-electron chi connectivity index (χ3n) is 4.44. The van der Waals surface area contributed by atoms with Crippen LogP contribution in [0.25, 0.3) is 0 Å². The molecule has 2 aliphatic rings. The Morgan fingerprint density at radius 3 is 2.22 bits per heavy atom. The minimum absolute atomic E-state index is 0.0840. The van der Waals surface area contributed by atoms with Crippen molar-refractivity contribution in [2.24, 2.45) is 5.92 Å². The average molecular weight is 318 g/mol. The van der Waals surface area contributed by atoms with Crippen LogP contribution in [0.5, 0.6) is 11.5 Å². The molecule has 3 rings (SSSR count). The summed E-state index contributed by atoms with van der Waals surface area (Å²) in [7, 11) is 3.08. The Morgan fingerprint density at radius 2 is 1.65 bits per heavy atom. The Labute approximate surface area is 136 Å². The fourth-order valence-electron chi connectivity index (χ4n) is 2.94. The van der Waals surface area contributed by atoms with Crippen LogP contribution in [0.2, 0.25) is 0 Å². The van der Waals surface area contributed by atoms with Gasteiger partial charge in [0.2, 0.25) is 5.91 Å². The number of nitrogens with zero attached hydrogens (tertiary/aromatic N) is 2. The van der Waals surface area contributed by atoms with E-state index in [4.69, 9.17) is 9.47 Å². The number of benzene rings is 1. The molecule has 6 nitrogen and oxygen atoms in total. The number of amides is 2. The monoisotopic (exact) mass is 318 g/mol. The van der Waals surface area contributed by atoms with Gasteiger partial charge in [0.15, 0.2) is 11.5 Å². The molecule has 1 aromatic carbocycles. The number of rotatable bonds is 4. The van der Waals surface area contributed by atoms with Gasteiger partial charge in [-0.25, -0.2) is 0 Å². The molecule has 23 heavy (non-hydrogen) atoms. The number of ether oxygens (including phenoxy) is 2. The second-order valence-corrected chi connectivity index (χ2v) is 5.93. The molecule has 124 valence electrons. The standard InChI is InChI=1S/C17H22N2O4/c1-22-14-5-3-4-13(15(14)23-2)17(21)19-10-8-18(9-11-19)16(20)12-6-7-12/h3-5,12H,6-11H2,1-2H3. The maximum Gasteiger partial charge on any atom is 0.257 e. The van der Waals surface area contributed by atoms with E-state index in [1.165, 1.54) is 7.11 Å². The lowest BCUT2D eigenvalue weighted by atomic mass is 10.1. The number of piperazine rings is 1. The summed E-state index contributed by atoms with van der Waals surface area (Å²) < 4.78 is 10.6. The molecule has 1 saturated heterocycles. The van der Waals surface area contributed by atoms with Crippen LogP contribution in [-0.2, 0) is 4.79 Å². The van der Waals surface area contributed by atoms with Gasteiger partial charge in [-0.1, -0.05) is 6.07 Å². The highest BCUT2D eigenvalue weighted by Gasteiger charge is 2.35. The number of hydrogen-bond donors (Lipinski definition) is 0. The molecule has 1 saturated carbocycles. The quantitative estimate of drug-likeness (QED) is 0.842. The smallest absolute Gasteiger partial charge is 0.257 e. The Balaban J connectivity index is 1.69. The van der Waals surface area contributed by atoms with Crippen molar-refractivity contribution in [1.82, 2.24) is 9.80 Å². The number of methoxy groups -OCH3 is 2. The minimum Gasteiger partial charge on any atom is -0.493 e. The lowest BCUT2D eigenvalue weighted by molar-refractivity contribution is -0.134. The van der Waals surface area contributed by atoms with E-state index in [1.54, 1.807) is 30.2 Å². The van der Waals surface area contributed by atoms with Gasteiger partial charge < -0.3 is 19.3 Å². The Bertz CT molecular complexity index is 605. The van der Waals surface area contributed by atoms with Crippen molar-refractivity contribution in [3.05, 3.63) is 23.8 Å². The fraction of sp³-hybridized carbons (Fsp3) is 0.529. The lowest BCUT2D eigenvalue weighted by Gasteiger charge is -2.35. The Hall–Kier alpha value is -2.24. The molecule has 0 N–H and O–H groups in total. The molecule has 0 bridgehead atoms. The molecule has 2 amide bonds. The predicted octanol–water partition coefficient (Wildman–Crippen LogP) is 1.40. The molecule has 1 aliphatic heterocycles. The highest BCUT2D eigenvalue weighted by atomic mass is 16.5. The Kier molecular flexibility index (Phi) is 4.41. The molecule has 6 heteroatoms. The van der Waals surface area contributed by atoms with Crippen LogP contribution in [0.1, 0.15) is 23.2 Å².